The van der Waals surface area contributed by atoms with Crippen molar-refractivity contribution in [2.75, 3.05) is 7.11 Å². The monoisotopic (exact) mass is 156 g/mol. The molecule has 0 radical (unpaired) electrons. The third kappa shape index (κ3) is 1.43. The first kappa shape index (κ1) is 8.27. The molecule has 0 spiro atoms. The van der Waals surface area contributed by atoms with Crippen LogP contribution in [0.4, 0.5) is 0 Å². The highest BCUT2D eigenvalue weighted by Crippen LogP contribution is 2.42. The van der Waals surface area contributed by atoms with E-state index in [1.54, 1.807) is 13.0 Å². The molecular weight excluding hydrogens is 144 g/mol. The Morgan fingerprint density at radius 3 is 2.45 bits per heavy atom. The lowest BCUT2D eigenvalue weighted by atomic mass is 10.1. The molecule has 0 aromatic heterocycles. The molecule has 0 atom stereocenters. The average Bonchev–Trinajstić information content (AvgIpc) is 2.70. The van der Waals surface area contributed by atoms with E-state index in [2.05, 4.69) is 4.74 Å². The molecule has 1 saturated carbocycles. The molecule has 0 bridgehead atoms. The van der Waals surface area contributed by atoms with Gasteiger partial charge in [0.25, 0.3) is 0 Å². The van der Waals surface area contributed by atoms with Gasteiger partial charge in [-0.1, -0.05) is 6.08 Å². The highest BCUT2D eigenvalue weighted by Gasteiger charge is 2.47. The van der Waals surface area contributed by atoms with Crippen molar-refractivity contribution in [1.82, 2.24) is 0 Å². The van der Waals surface area contributed by atoms with Crippen molar-refractivity contribution in [3.05, 3.63) is 11.6 Å². The number of hydrogen-bond acceptors (Lipinski definition) is 3. The van der Waals surface area contributed by atoms with Crippen LogP contribution >= 0.6 is 0 Å². The molecule has 0 aromatic rings. The zero-order chi connectivity index (χ0) is 8.48. The number of esters is 1. The second-order valence-electron chi connectivity index (χ2n) is 2.73. The molecule has 3 nitrogen and oxygen atoms in total. The zero-order valence-corrected chi connectivity index (χ0v) is 6.76. The maximum absolute atomic E-state index is 11.0. The van der Waals surface area contributed by atoms with Gasteiger partial charge in [-0.2, -0.15) is 0 Å². The van der Waals surface area contributed by atoms with Gasteiger partial charge in [0, 0.05) is 0 Å². The van der Waals surface area contributed by atoms with E-state index in [-0.39, 0.29) is 0 Å². The molecule has 3 heteroatoms. The van der Waals surface area contributed by atoms with Gasteiger partial charge < -0.3 is 9.84 Å². The molecular formula is C8H12O3. The van der Waals surface area contributed by atoms with Gasteiger partial charge in [0.05, 0.1) is 18.3 Å². The zero-order valence-electron chi connectivity index (χ0n) is 6.76. The van der Waals surface area contributed by atoms with Gasteiger partial charge in [-0.15, -0.1) is 0 Å². The Kier molecular flexibility index (Phi) is 2.00. The Labute approximate surface area is 65.7 Å². The summed E-state index contributed by atoms with van der Waals surface area (Å²) in [5, 5.41) is 9.52. The Morgan fingerprint density at radius 1 is 1.64 bits per heavy atom. The van der Waals surface area contributed by atoms with Crippen molar-refractivity contribution >= 4 is 5.97 Å². The molecule has 0 unspecified atom stereocenters. The minimum atomic E-state index is -0.873. The Bertz CT molecular complexity index is 201. The van der Waals surface area contributed by atoms with E-state index in [1.165, 1.54) is 7.11 Å². The number of methoxy groups -OCH3 is 1. The first-order valence-corrected chi connectivity index (χ1v) is 3.61. The fourth-order valence-corrected chi connectivity index (χ4v) is 1.07. The van der Waals surface area contributed by atoms with Crippen molar-refractivity contribution < 1.29 is 14.6 Å². The molecule has 1 rings (SSSR count). The van der Waals surface area contributed by atoms with Crippen molar-refractivity contribution in [2.24, 2.45) is 0 Å². The summed E-state index contributed by atoms with van der Waals surface area (Å²) >= 11 is 0. The van der Waals surface area contributed by atoms with Crippen LogP contribution in [0.25, 0.3) is 0 Å². The smallest absolute Gasteiger partial charge is 0.336 e. The highest BCUT2D eigenvalue weighted by atomic mass is 16.5. The maximum atomic E-state index is 11.0. The molecule has 0 amide bonds. The summed E-state index contributed by atoms with van der Waals surface area (Å²) in [6.45, 7) is 1.72. The maximum Gasteiger partial charge on any atom is 0.336 e. The molecule has 1 aliphatic carbocycles. The summed E-state index contributed by atoms with van der Waals surface area (Å²) in [6.07, 6.45) is 2.95. The van der Waals surface area contributed by atoms with E-state index in [4.69, 9.17) is 0 Å². The van der Waals surface area contributed by atoms with Gasteiger partial charge in [-0.3, -0.25) is 0 Å². The predicted molar refractivity (Wildman–Crippen MR) is 40.0 cm³/mol. The molecule has 0 saturated heterocycles. The third-order valence-corrected chi connectivity index (χ3v) is 1.92. The number of aliphatic hydroxyl groups is 1. The number of carbonyl (C=O) groups is 1. The number of allylic oxidation sites excluding steroid dienone is 1. The van der Waals surface area contributed by atoms with Gasteiger partial charge in [0.2, 0.25) is 0 Å². The lowest BCUT2D eigenvalue weighted by Gasteiger charge is -2.09. The molecule has 1 N–H and O–H groups in total. The first-order valence-electron chi connectivity index (χ1n) is 3.61. The second-order valence-corrected chi connectivity index (χ2v) is 2.73. The molecule has 0 heterocycles. The first-order chi connectivity index (χ1) is 5.14. The molecule has 0 aliphatic heterocycles. The van der Waals surface area contributed by atoms with Crippen molar-refractivity contribution in [1.29, 1.82) is 0 Å². The van der Waals surface area contributed by atoms with Gasteiger partial charge in [0.15, 0.2) is 0 Å². The fraction of sp³-hybridized carbons (Fsp3) is 0.625. The lowest BCUT2D eigenvalue weighted by molar-refractivity contribution is -0.137. The van der Waals surface area contributed by atoms with E-state index in [0.29, 0.717) is 18.4 Å². The van der Waals surface area contributed by atoms with E-state index in [9.17, 15) is 9.90 Å². The normalized spacial score (nSPS) is 21.2. The van der Waals surface area contributed by atoms with Gasteiger partial charge in [0.1, 0.15) is 0 Å². The van der Waals surface area contributed by atoms with Crippen LogP contribution in [0.5, 0.6) is 0 Å². The third-order valence-electron chi connectivity index (χ3n) is 1.92. The number of ether oxygens (including phenoxy) is 1. The summed E-state index contributed by atoms with van der Waals surface area (Å²) in [5.41, 5.74) is -0.484. The summed E-state index contributed by atoms with van der Waals surface area (Å²) in [5.74, 6) is -0.424. The van der Waals surface area contributed by atoms with Gasteiger partial charge in [-0.05, 0) is 19.8 Å². The fourth-order valence-electron chi connectivity index (χ4n) is 1.07. The van der Waals surface area contributed by atoms with E-state index >= 15 is 0 Å². The van der Waals surface area contributed by atoms with Crippen LogP contribution in [0.2, 0.25) is 0 Å². The van der Waals surface area contributed by atoms with E-state index < -0.39 is 11.6 Å². The topological polar surface area (TPSA) is 46.5 Å². The van der Waals surface area contributed by atoms with Gasteiger partial charge in [-0.25, -0.2) is 4.79 Å². The standard InChI is InChI=1S/C8H12O3/c1-3-6(7(9)11-2)8(10)4-5-8/h3,10H,4-5H2,1-2H3. The molecule has 62 valence electrons. The van der Waals surface area contributed by atoms with Crippen LogP contribution < -0.4 is 0 Å². The molecule has 0 aromatic carbocycles. The minimum Gasteiger partial charge on any atom is -0.466 e. The van der Waals surface area contributed by atoms with Crippen LogP contribution in [-0.4, -0.2) is 23.8 Å². The second kappa shape index (κ2) is 2.66. The summed E-state index contributed by atoms with van der Waals surface area (Å²) in [7, 11) is 1.32. The SMILES string of the molecule is CC=C(C(=O)OC)C1(O)CC1. The highest BCUT2D eigenvalue weighted by molar-refractivity contribution is 5.91. The van der Waals surface area contributed by atoms with Gasteiger partial charge >= 0.3 is 5.97 Å². The lowest BCUT2D eigenvalue weighted by Crippen LogP contribution is -2.20. The van der Waals surface area contributed by atoms with Crippen LogP contribution in [0.1, 0.15) is 19.8 Å². The van der Waals surface area contributed by atoms with Crippen molar-refractivity contribution in [3.8, 4) is 0 Å². The molecule has 1 aliphatic rings. The number of hydrogen-bond donors (Lipinski definition) is 1. The summed E-state index contributed by atoms with van der Waals surface area (Å²) < 4.78 is 4.50. The quantitative estimate of drug-likeness (QED) is 0.471. The Hall–Kier alpha value is -0.830. The van der Waals surface area contributed by atoms with E-state index in [1.807, 2.05) is 0 Å². The van der Waals surface area contributed by atoms with Crippen LogP contribution in [0.3, 0.4) is 0 Å². The minimum absolute atomic E-state index is 0.389. The van der Waals surface area contributed by atoms with Crippen molar-refractivity contribution in [3.63, 3.8) is 0 Å². The Balaban J connectivity index is 2.73. The molecule has 11 heavy (non-hydrogen) atoms. The summed E-state index contributed by atoms with van der Waals surface area (Å²) in [6, 6.07) is 0. The van der Waals surface area contributed by atoms with Crippen LogP contribution in [-0.2, 0) is 9.53 Å². The average molecular weight is 156 g/mol. The van der Waals surface area contributed by atoms with Crippen LogP contribution in [0, 0.1) is 0 Å². The number of carbonyl (C=O) groups excluding carboxylic acids is 1. The predicted octanol–water partition coefficient (Wildman–Crippen LogP) is 0.631. The summed E-state index contributed by atoms with van der Waals surface area (Å²) in [4.78, 5) is 11.0. The number of rotatable bonds is 2. The van der Waals surface area contributed by atoms with Crippen LogP contribution in [0.15, 0.2) is 11.6 Å². The largest absolute Gasteiger partial charge is 0.466 e. The Morgan fingerprint density at radius 2 is 2.18 bits per heavy atom. The van der Waals surface area contributed by atoms with E-state index in [0.717, 1.165) is 0 Å². The van der Waals surface area contributed by atoms with Crippen molar-refractivity contribution in [2.45, 2.75) is 25.4 Å². The molecule has 1 fully saturated rings.